The number of hydrogen-bond acceptors (Lipinski definition) is 4. The van der Waals surface area contributed by atoms with Gasteiger partial charge in [-0.1, -0.05) is 23.2 Å². The molecule has 94 valence electrons. The first-order chi connectivity index (χ1) is 8.61. The SMILES string of the molecule is O=C(Nc1cnccc1CO)c1cc(Cl)sc1Cl. The van der Waals surface area contributed by atoms with Crippen molar-refractivity contribution in [2.75, 3.05) is 5.32 Å². The molecule has 0 bridgehead atoms. The van der Waals surface area contributed by atoms with E-state index in [2.05, 4.69) is 10.3 Å². The molecule has 0 aromatic carbocycles. The van der Waals surface area contributed by atoms with E-state index in [-0.39, 0.29) is 12.5 Å². The average molecular weight is 303 g/mol. The van der Waals surface area contributed by atoms with Crippen molar-refractivity contribution in [1.29, 1.82) is 0 Å². The predicted molar refractivity (Wildman–Crippen MR) is 72.5 cm³/mol. The van der Waals surface area contributed by atoms with Crippen LogP contribution in [0.15, 0.2) is 24.5 Å². The third-order valence-corrected chi connectivity index (χ3v) is 3.72. The van der Waals surface area contributed by atoms with Crippen molar-refractivity contribution in [3.05, 3.63) is 44.3 Å². The van der Waals surface area contributed by atoms with Crippen molar-refractivity contribution in [2.24, 2.45) is 0 Å². The van der Waals surface area contributed by atoms with Crippen molar-refractivity contribution >= 4 is 46.1 Å². The van der Waals surface area contributed by atoms with Crippen LogP contribution in [0.4, 0.5) is 5.69 Å². The molecule has 0 atom stereocenters. The summed E-state index contributed by atoms with van der Waals surface area (Å²) in [5.74, 6) is -0.383. The molecule has 0 saturated carbocycles. The minimum atomic E-state index is -0.383. The molecule has 2 rings (SSSR count). The zero-order valence-electron chi connectivity index (χ0n) is 8.98. The molecule has 0 radical (unpaired) electrons. The van der Waals surface area contributed by atoms with E-state index in [0.29, 0.717) is 25.5 Å². The summed E-state index contributed by atoms with van der Waals surface area (Å²) < 4.78 is 0.769. The highest BCUT2D eigenvalue weighted by Gasteiger charge is 2.15. The fourth-order valence-corrected chi connectivity index (χ4v) is 2.82. The van der Waals surface area contributed by atoms with E-state index in [9.17, 15) is 4.79 Å². The fourth-order valence-electron chi connectivity index (χ4n) is 1.36. The summed E-state index contributed by atoms with van der Waals surface area (Å²) in [6, 6.07) is 3.12. The van der Waals surface area contributed by atoms with Gasteiger partial charge in [0.25, 0.3) is 5.91 Å². The van der Waals surface area contributed by atoms with Crippen LogP contribution < -0.4 is 5.32 Å². The van der Waals surface area contributed by atoms with Crippen LogP contribution in [0.5, 0.6) is 0 Å². The summed E-state index contributed by atoms with van der Waals surface area (Å²) in [6.07, 6.45) is 3.00. The second-order valence-electron chi connectivity index (χ2n) is 3.38. The van der Waals surface area contributed by atoms with E-state index in [1.165, 1.54) is 18.5 Å². The lowest BCUT2D eigenvalue weighted by atomic mass is 10.2. The van der Waals surface area contributed by atoms with Crippen molar-refractivity contribution in [2.45, 2.75) is 6.61 Å². The number of aliphatic hydroxyl groups excluding tert-OH is 1. The number of pyridine rings is 1. The van der Waals surface area contributed by atoms with E-state index in [4.69, 9.17) is 28.3 Å². The van der Waals surface area contributed by atoms with Gasteiger partial charge < -0.3 is 10.4 Å². The number of halogens is 2. The van der Waals surface area contributed by atoms with E-state index >= 15 is 0 Å². The van der Waals surface area contributed by atoms with Crippen LogP contribution in [0.25, 0.3) is 0 Å². The lowest BCUT2D eigenvalue weighted by molar-refractivity contribution is 0.102. The van der Waals surface area contributed by atoms with Crippen molar-refractivity contribution in [3.8, 4) is 0 Å². The number of rotatable bonds is 3. The summed E-state index contributed by atoms with van der Waals surface area (Å²) in [5, 5.41) is 11.8. The second-order valence-corrected chi connectivity index (χ2v) is 5.67. The topological polar surface area (TPSA) is 62.2 Å². The third kappa shape index (κ3) is 2.81. The van der Waals surface area contributed by atoms with Crippen LogP contribution >= 0.6 is 34.5 Å². The van der Waals surface area contributed by atoms with Gasteiger partial charge in [0.05, 0.1) is 28.4 Å². The Bertz CT molecular complexity index is 586. The first kappa shape index (κ1) is 13.3. The molecule has 0 unspecified atom stereocenters. The molecule has 2 N–H and O–H groups in total. The molecule has 2 aromatic rings. The van der Waals surface area contributed by atoms with Crippen LogP contribution in [0.3, 0.4) is 0 Å². The Kier molecular flexibility index (Phi) is 4.19. The lowest BCUT2D eigenvalue weighted by Gasteiger charge is -2.07. The minimum absolute atomic E-state index is 0.184. The molecule has 0 spiro atoms. The Balaban J connectivity index is 2.24. The fraction of sp³-hybridized carbons (Fsp3) is 0.0909. The van der Waals surface area contributed by atoms with Crippen molar-refractivity contribution in [3.63, 3.8) is 0 Å². The Morgan fingerprint density at radius 1 is 1.50 bits per heavy atom. The molecule has 2 heterocycles. The Morgan fingerprint density at radius 3 is 2.89 bits per heavy atom. The van der Waals surface area contributed by atoms with E-state index in [1.54, 1.807) is 6.07 Å². The van der Waals surface area contributed by atoms with E-state index in [0.717, 1.165) is 11.3 Å². The first-order valence-electron chi connectivity index (χ1n) is 4.91. The molecule has 18 heavy (non-hydrogen) atoms. The third-order valence-electron chi connectivity index (χ3n) is 2.23. The number of carbonyl (C=O) groups is 1. The highest BCUT2D eigenvalue weighted by Crippen LogP contribution is 2.31. The average Bonchev–Trinajstić information content (AvgIpc) is 2.69. The van der Waals surface area contributed by atoms with Gasteiger partial charge in [-0.05, 0) is 12.1 Å². The molecule has 4 nitrogen and oxygen atoms in total. The predicted octanol–water partition coefficient (Wildman–Crippen LogP) is 3.19. The molecule has 7 heteroatoms. The summed E-state index contributed by atoms with van der Waals surface area (Å²) in [6.45, 7) is -0.184. The Hall–Kier alpha value is -1.14. The molecular formula is C11H8Cl2N2O2S. The number of anilines is 1. The number of thiophene rings is 1. The maximum absolute atomic E-state index is 12.0. The van der Waals surface area contributed by atoms with Crippen molar-refractivity contribution < 1.29 is 9.90 Å². The smallest absolute Gasteiger partial charge is 0.258 e. The molecule has 0 saturated heterocycles. The minimum Gasteiger partial charge on any atom is -0.392 e. The molecule has 1 amide bonds. The lowest BCUT2D eigenvalue weighted by Crippen LogP contribution is -2.13. The summed E-state index contributed by atoms with van der Waals surface area (Å²) in [5.41, 5.74) is 1.33. The second kappa shape index (κ2) is 5.67. The van der Waals surface area contributed by atoms with Crippen LogP contribution in [0.1, 0.15) is 15.9 Å². The maximum Gasteiger partial charge on any atom is 0.258 e. The number of aromatic nitrogens is 1. The number of nitrogens with one attached hydrogen (secondary N) is 1. The van der Waals surface area contributed by atoms with Gasteiger partial charge in [0.15, 0.2) is 0 Å². The van der Waals surface area contributed by atoms with E-state index < -0.39 is 0 Å². The molecular weight excluding hydrogens is 295 g/mol. The Labute approximate surface area is 117 Å². The van der Waals surface area contributed by atoms with Crippen LogP contribution in [0, 0.1) is 0 Å². The van der Waals surface area contributed by atoms with Crippen molar-refractivity contribution in [1.82, 2.24) is 4.98 Å². The van der Waals surface area contributed by atoms with Crippen LogP contribution in [0.2, 0.25) is 8.67 Å². The van der Waals surface area contributed by atoms with Gasteiger partial charge in [-0.2, -0.15) is 0 Å². The van der Waals surface area contributed by atoms with Gasteiger partial charge in [-0.25, -0.2) is 0 Å². The number of nitrogens with zero attached hydrogens (tertiary/aromatic N) is 1. The number of carbonyl (C=O) groups excluding carboxylic acids is 1. The molecule has 0 aliphatic carbocycles. The van der Waals surface area contributed by atoms with Gasteiger partial charge in [0.2, 0.25) is 0 Å². The molecule has 0 aliphatic rings. The molecule has 0 aliphatic heterocycles. The normalized spacial score (nSPS) is 10.4. The van der Waals surface area contributed by atoms with Gasteiger partial charge >= 0.3 is 0 Å². The maximum atomic E-state index is 12.0. The summed E-state index contributed by atoms with van der Waals surface area (Å²) >= 11 is 12.8. The first-order valence-corrected chi connectivity index (χ1v) is 6.49. The van der Waals surface area contributed by atoms with Gasteiger partial charge in [0, 0.05) is 11.8 Å². The summed E-state index contributed by atoms with van der Waals surface area (Å²) in [4.78, 5) is 15.8. The van der Waals surface area contributed by atoms with Crippen LogP contribution in [-0.2, 0) is 6.61 Å². The van der Waals surface area contributed by atoms with Crippen LogP contribution in [-0.4, -0.2) is 16.0 Å². The summed E-state index contributed by atoms with van der Waals surface area (Å²) in [7, 11) is 0. The zero-order chi connectivity index (χ0) is 13.1. The standard InChI is InChI=1S/C11H8Cl2N2O2S/c12-9-3-7(10(13)18-9)11(17)15-8-4-14-2-1-6(8)5-16/h1-4,16H,5H2,(H,15,17). The highest BCUT2D eigenvalue weighted by molar-refractivity contribution is 7.20. The van der Waals surface area contributed by atoms with E-state index in [1.807, 2.05) is 0 Å². The van der Waals surface area contributed by atoms with Gasteiger partial charge in [-0.15, -0.1) is 11.3 Å². The van der Waals surface area contributed by atoms with Gasteiger partial charge in [0.1, 0.15) is 4.34 Å². The highest BCUT2D eigenvalue weighted by atomic mass is 35.5. The zero-order valence-corrected chi connectivity index (χ0v) is 11.3. The number of aliphatic hydroxyl groups is 1. The Morgan fingerprint density at radius 2 is 2.28 bits per heavy atom. The van der Waals surface area contributed by atoms with Gasteiger partial charge in [-0.3, -0.25) is 9.78 Å². The number of amides is 1. The molecule has 0 fully saturated rings. The quantitative estimate of drug-likeness (QED) is 0.915. The largest absolute Gasteiger partial charge is 0.392 e. The monoisotopic (exact) mass is 302 g/mol. The number of hydrogen-bond donors (Lipinski definition) is 2. The molecule has 2 aromatic heterocycles.